The van der Waals surface area contributed by atoms with Crippen molar-refractivity contribution in [2.24, 2.45) is 7.05 Å². The largest absolute Gasteiger partial charge is 0.342 e. The molecule has 0 aliphatic heterocycles. The van der Waals surface area contributed by atoms with E-state index in [2.05, 4.69) is 20.4 Å². The predicted octanol–water partition coefficient (Wildman–Crippen LogP) is 4.34. The molecule has 1 fully saturated rings. The van der Waals surface area contributed by atoms with E-state index < -0.39 is 0 Å². The molecule has 1 amide bonds. The number of amides is 1. The summed E-state index contributed by atoms with van der Waals surface area (Å²) in [6, 6.07) is 7.75. The van der Waals surface area contributed by atoms with Gasteiger partial charge in [0.05, 0.1) is 21.6 Å². The maximum absolute atomic E-state index is 12.7. The fourth-order valence-corrected chi connectivity index (χ4v) is 4.51. The molecule has 1 aromatic carbocycles. The van der Waals surface area contributed by atoms with Crippen molar-refractivity contribution < 1.29 is 4.79 Å². The molecule has 3 heterocycles. The van der Waals surface area contributed by atoms with E-state index in [-0.39, 0.29) is 5.91 Å². The predicted molar refractivity (Wildman–Crippen MR) is 104 cm³/mol. The quantitative estimate of drug-likeness (QED) is 0.567. The zero-order valence-electron chi connectivity index (χ0n) is 14.7. The van der Waals surface area contributed by atoms with Crippen LogP contribution in [0, 0.1) is 6.92 Å². The van der Waals surface area contributed by atoms with Gasteiger partial charge in [0, 0.05) is 24.0 Å². The number of rotatable bonds is 3. The molecular weight excluding hydrogens is 346 g/mol. The first-order valence-electron chi connectivity index (χ1n) is 8.82. The number of benzene rings is 1. The molecular formula is C19H19N5OS. The van der Waals surface area contributed by atoms with E-state index in [1.165, 1.54) is 30.6 Å². The molecule has 1 saturated carbocycles. The first-order valence-corrected chi connectivity index (χ1v) is 9.64. The number of fused-ring (bicyclic) bond motifs is 2. The number of imidazole rings is 1. The van der Waals surface area contributed by atoms with Gasteiger partial charge in [-0.1, -0.05) is 6.42 Å². The van der Waals surface area contributed by atoms with E-state index in [4.69, 9.17) is 0 Å². The molecule has 26 heavy (non-hydrogen) atoms. The summed E-state index contributed by atoms with van der Waals surface area (Å²) in [5.41, 5.74) is 3.65. The zero-order chi connectivity index (χ0) is 17.8. The monoisotopic (exact) mass is 365 g/mol. The lowest BCUT2D eigenvalue weighted by Crippen LogP contribution is -2.10. The van der Waals surface area contributed by atoms with Gasteiger partial charge in [-0.3, -0.25) is 9.48 Å². The Morgan fingerprint density at radius 3 is 2.92 bits per heavy atom. The molecule has 0 spiro atoms. The Hall–Kier alpha value is -2.67. The normalized spacial score (nSPS) is 14.8. The fourth-order valence-electron chi connectivity index (χ4n) is 3.49. The molecule has 4 aromatic rings. The third-order valence-corrected chi connectivity index (χ3v) is 6.37. The van der Waals surface area contributed by atoms with Gasteiger partial charge in [-0.25, -0.2) is 4.98 Å². The van der Waals surface area contributed by atoms with Gasteiger partial charge in [0.15, 0.2) is 0 Å². The lowest BCUT2D eigenvalue weighted by atomic mass is 9.85. The SMILES string of the molecule is Cc1nn(C)c2sc(C(=O)Nc3ccc4nc(C5CCC5)[nH]c4c3)cc12. The van der Waals surface area contributed by atoms with Crippen molar-refractivity contribution >= 4 is 44.2 Å². The zero-order valence-corrected chi connectivity index (χ0v) is 15.5. The van der Waals surface area contributed by atoms with Crippen molar-refractivity contribution in [3.8, 4) is 0 Å². The maximum Gasteiger partial charge on any atom is 0.265 e. The van der Waals surface area contributed by atoms with Crippen LogP contribution in [0.15, 0.2) is 24.3 Å². The highest BCUT2D eigenvalue weighted by Gasteiger charge is 2.22. The molecule has 1 aliphatic rings. The molecule has 2 N–H and O–H groups in total. The van der Waals surface area contributed by atoms with Gasteiger partial charge in [-0.05, 0) is 44.0 Å². The Morgan fingerprint density at radius 1 is 1.35 bits per heavy atom. The van der Waals surface area contributed by atoms with Crippen molar-refractivity contribution in [3.63, 3.8) is 0 Å². The number of carbonyl (C=O) groups excluding carboxylic acids is 1. The minimum Gasteiger partial charge on any atom is -0.342 e. The third kappa shape index (κ3) is 2.42. The van der Waals surface area contributed by atoms with Crippen LogP contribution >= 0.6 is 11.3 Å². The molecule has 7 heteroatoms. The van der Waals surface area contributed by atoms with Crippen LogP contribution in [-0.4, -0.2) is 25.7 Å². The smallest absolute Gasteiger partial charge is 0.265 e. The van der Waals surface area contributed by atoms with Crippen molar-refractivity contribution in [3.05, 3.63) is 40.7 Å². The van der Waals surface area contributed by atoms with E-state index in [0.29, 0.717) is 10.8 Å². The van der Waals surface area contributed by atoms with Crippen molar-refractivity contribution in [2.45, 2.75) is 32.1 Å². The summed E-state index contributed by atoms with van der Waals surface area (Å²) in [7, 11) is 1.90. The van der Waals surface area contributed by atoms with Crippen molar-refractivity contribution in [1.82, 2.24) is 19.7 Å². The second-order valence-corrected chi connectivity index (χ2v) is 8.01. The summed E-state index contributed by atoms with van der Waals surface area (Å²) < 4.78 is 1.82. The second kappa shape index (κ2) is 5.67. The summed E-state index contributed by atoms with van der Waals surface area (Å²) in [5, 5.41) is 8.42. The molecule has 0 saturated heterocycles. The first kappa shape index (κ1) is 15.6. The van der Waals surface area contributed by atoms with E-state index in [1.54, 1.807) is 0 Å². The highest BCUT2D eigenvalue weighted by Crippen LogP contribution is 2.35. The highest BCUT2D eigenvalue weighted by atomic mass is 32.1. The lowest BCUT2D eigenvalue weighted by Gasteiger charge is -2.22. The van der Waals surface area contributed by atoms with Crippen LogP contribution in [0.5, 0.6) is 0 Å². The number of aromatic nitrogens is 4. The molecule has 0 unspecified atom stereocenters. The van der Waals surface area contributed by atoms with Gasteiger partial charge in [-0.2, -0.15) is 5.10 Å². The maximum atomic E-state index is 12.7. The average Bonchev–Trinajstić information content (AvgIpc) is 3.21. The molecule has 6 nitrogen and oxygen atoms in total. The summed E-state index contributed by atoms with van der Waals surface area (Å²) in [6.07, 6.45) is 3.71. The van der Waals surface area contributed by atoms with Gasteiger partial charge >= 0.3 is 0 Å². The molecule has 0 atom stereocenters. The Morgan fingerprint density at radius 2 is 2.19 bits per heavy atom. The number of H-pyrrole nitrogens is 1. The third-order valence-electron chi connectivity index (χ3n) is 5.17. The Balaban J connectivity index is 1.41. The van der Waals surface area contributed by atoms with E-state index in [9.17, 15) is 4.79 Å². The summed E-state index contributed by atoms with van der Waals surface area (Å²) >= 11 is 1.46. The minimum atomic E-state index is -0.0938. The van der Waals surface area contributed by atoms with Crippen LogP contribution in [0.3, 0.4) is 0 Å². The van der Waals surface area contributed by atoms with E-state index in [1.807, 2.05) is 42.9 Å². The Bertz CT molecular complexity index is 1110. The lowest BCUT2D eigenvalue weighted by molar-refractivity contribution is 0.103. The summed E-state index contributed by atoms with van der Waals surface area (Å²) in [4.78, 5) is 22.4. The summed E-state index contributed by atoms with van der Waals surface area (Å²) in [5.74, 6) is 1.54. The van der Waals surface area contributed by atoms with Crippen LogP contribution in [-0.2, 0) is 7.05 Å². The standard InChI is InChI=1S/C19H19N5OS/c1-10-13-9-16(26-19(13)24(2)23-10)18(25)20-12-6-7-14-15(8-12)22-17(21-14)11-4-3-5-11/h6-9,11H,3-5H2,1-2H3,(H,20,25)(H,21,22). The Labute approximate surface area is 154 Å². The van der Waals surface area contributed by atoms with Gasteiger partial charge < -0.3 is 10.3 Å². The first-order chi connectivity index (χ1) is 12.6. The van der Waals surface area contributed by atoms with Gasteiger partial charge in [0.2, 0.25) is 0 Å². The number of hydrogen-bond acceptors (Lipinski definition) is 4. The van der Waals surface area contributed by atoms with Crippen LogP contribution in [0.2, 0.25) is 0 Å². The van der Waals surface area contributed by atoms with Gasteiger partial charge in [-0.15, -0.1) is 11.3 Å². The number of nitrogens with one attached hydrogen (secondary N) is 2. The van der Waals surface area contributed by atoms with E-state index >= 15 is 0 Å². The molecule has 1 aliphatic carbocycles. The number of nitrogens with zero attached hydrogens (tertiary/aromatic N) is 3. The van der Waals surface area contributed by atoms with Crippen LogP contribution < -0.4 is 5.32 Å². The highest BCUT2D eigenvalue weighted by molar-refractivity contribution is 7.20. The van der Waals surface area contributed by atoms with Gasteiger partial charge in [0.1, 0.15) is 10.7 Å². The van der Waals surface area contributed by atoms with Crippen LogP contribution in [0.25, 0.3) is 21.3 Å². The average molecular weight is 365 g/mol. The van der Waals surface area contributed by atoms with Crippen molar-refractivity contribution in [1.29, 1.82) is 0 Å². The molecule has 0 bridgehead atoms. The van der Waals surface area contributed by atoms with Crippen LogP contribution in [0.1, 0.15) is 46.4 Å². The second-order valence-electron chi connectivity index (χ2n) is 6.97. The molecule has 132 valence electrons. The summed E-state index contributed by atoms with van der Waals surface area (Å²) in [6.45, 7) is 1.96. The van der Waals surface area contributed by atoms with E-state index in [0.717, 1.165) is 38.5 Å². The molecule has 3 aromatic heterocycles. The molecule has 5 rings (SSSR count). The van der Waals surface area contributed by atoms with Gasteiger partial charge in [0.25, 0.3) is 5.91 Å². The number of carbonyl (C=O) groups is 1. The number of anilines is 1. The number of aromatic amines is 1. The van der Waals surface area contributed by atoms with Crippen LogP contribution in [0.4, 0.5) is 5.69 Å². The number of thiophene rings is 1. The number of aryl methyl sites for hydroxylation is 2. The van der Waals surface area contributed by atoms with Crippen molar-refractivity contribution in [2.75, 3.05) is 5.32 Å². The number of hydrogen-bond donors (Lipinski definition) is 2. The molecule has 0 radical (unpaired) electrons. The Kier molecular flexibility index (Phi) is 3.40. The fraction of sp³-hybridized carbons (Fsp3) is 0.316. The topological polar surface area (TPSA) is 75.6 Å². The minimum absolute atomic E-state index is 0.0938.